The highest BCUT2D eigenvalue weighted by Gasteiger charge is 2.35. The Morgan fingerprint density at radius 1 is 0.767 bits per heavy atom. The Labute approximate surface area is 247 Å². The van der Waals surface area contributed by atoms with Crippen LogP contribution in [0.15, 0.2) is 83.9 Å². The molecule has 0 radical (unpaired) electrons. The average Bonchev–Trinajstić information content (AvgIpc) is 3.27. The van der Waals surface area contributed by atoms with E-state index in [1.54, 1.807) is 61.5 Å². The molecule has 1 aliphatic rings. The Morgan fingerprint density at radius 3 is 2.21 bits per heavy atom. The fraction of sp³-hybridized carbons (Fsp3) is 0.182. The van der Waals surface area contributed by atoms with Crippen LogP contribution in [0, 0.1) is 0 Å². The molecule has 216 valence electrons. The van der Waals surface area contributed by atoms with Crippen LogP contribution in [0.2, 0.25) is 0 Å². The predicted octanol–water partition coefficient (Wildman–Crippen LogP) is 4.14. The molecule has 10 heteroatoms. The van der Waals surface area contributed by atoms with Gasteiger partial charge in [0.25, 0.3) is 17.4 Å². The summed E-state index contributed by atoms with van der Waals surface area (Å²) in [6.07, 6.45) is 3.98. The van der Waals surface area contributed by atoms with Gasteiger partial charge in [-0.05, 0) is 60.0 Å². The van der Waals surface area contributed by atoms with Crippen LogP contribution in [0.25, 0.3) is 22.0 Å². The Bertz CT molecular complexity index is 1920. The van der Waals surface area contributed by atoms with E-state index in [0.29, 0.717) is 58.0 Å². The number of fused-ring (bicyclic) bond motifs is 2. The van der Waals surface area contributed by atoms with Crippen molar-refractivity contribution in [2.24, 2.45) is 0 Å². The average molecular weight is 576 g/mol. The Hall–Kier alpha value is -5.51. The molecule has 0 bridgehead atoms. The van der Waals surface area contributed by atoms with Crippen LogP contribution in [-0.2, 0) is 19.4 Å². The lowest BCUT2D eigenvalue weighted by atomic mass is 10.1. The smallest absolute Gasteiger partial charge is 0.261 e. The number of nitrogens with two attached hydrogens (primary N) is 1. The minimum atomic E-state index is -0.350. The number of hydrogen-bond donors (Lipinski definition) is 1. The third kappa shape index (κ3) is 5.19. The fourth-order valence-electron chi connectivity index (χ4n) is 5.41. The minimum absolute atomic E-state index is 0.0828. The summed E-state index contributed by atoms with van der Waals surface area (Å²) >= 11 is 0. The molecule has 1 aliphatic heterocycles. The predicted molar refractivity (Wildman–Crippen MR) is 162 cm³/mol. The lowest BCUT2D eigenvalue weighted by Gasteiger charge is -2.18. The zero-order valence-electron chi connectivity index (χ0n) is 23.7. The number of carbonyl (C=O) groups is 2. The van der Waals surface area contributed by atoms with E-state index in [1.165, 1.54) is 4.90 Å². The van der Waals surface area contributed by atoms with Crippen LogP contribution < -0.4 is 20.8 Å². The number of rotatable bonds is 9. The molecule has 0 saturated heterocycles. The van der Waals surface area contributed by atoms with Crippen LogP contribution in [0.3, 0.4) is 0 Å². The van der Waals surface area contributed by atoms with Crippen LogP contribution in [0.4, 0.5) is 5.69 Å². The van der Waals surface area contributed by atoms with E-state index in [1.807, 2.05) is 36.4 Å². The molecule has 6 rings (SSSR count). The highest BCUT2D eigenvalue weighted by molar-refractivity contribution is 6.21. The van der Waals surface area contributed by atoms with Gasteiger partial charge in [-0.1, -0.05) is 24.3 Å². The molecule has 10 nitrogen and oxygen atoms in total. The summed E-state index contributed by atoms with van der Waals surface area (Å²) in [6, 6.07) is 19.6. The van der Waals surface area contributed by atoms with Gasteiger partial charge in [-0.2, -0.15) is 0 Å². The molecule has 0 fully saturated rings. The molecule has 0 atom stereocenters. The van der Waals surface area contributed by atoms with Crippen molar-refractivity contribution in [2.75, 3.05) is 26.5 Å². The van der Waals surface area contributed by atoms with Crippen molar-refractivity contribution in [3.8, 4) is 22.6 Å². The number of carbonyl (C=O) groups excluding carboxylic acids is 2. The van der Waals surface area contributed by atoms with E-state index >= 15 is 0 Å². The van der Waals surface area contributed by atoms with Crippen molar-refractivity contribution in [3.63, 3.8) is 0 Å². The van der Waals surface area contributed by atoms with Gasteiger partial charge in [0, 0.05) is 37.5 Å². The SMILES string of the molecule is COc1ccc(CCn2c(CCN3C(=O)c4ccccc4C3=O)nc3cc(-c4cncc(N)c4)ccc3c2=O)cc1OC. The highest BCUT2D eigenvalue weighted by atomic mass is 16.5. The number of imide groups is 1. The molecule has 0 saturated carbocycles. The molecule has 0 spiro atoms. The number of amides is 2. The summed E-state index contributed by atoms with van der Waals surface area (Å²) in [6.45, 7) is 0.412. The maximum Gasteiger partial charge on any atom is 0.261 e. The molecule has 3 aromatic carbocycles. The van der Waals surface area contributed by atoms with E-state index in [2.05, 4.69) is 4.98 Å². The van der Waals surface area contributed by atoms with Crippen LogP contribution in [-0.4, -0.2) is 52.0 Å². The standard InChI is InChI=1S/C33H29N5O5/c1-42-28-10-7-20(15-29(28)43-2)11-13-37-30(12-14-38-31(39)24-5-3-4-6-25(24)32(38)40)36-27-17-21(8-9-26(27)33(37)41)22-16-23(34)19-35-18-22/h3-10,15-19H,11-14,34H2,1-2H3. The van der Waals surface area contributed by atoms with Crippen LogP contribution >= 0.6 is 0 Å². The zero-order chi connectivity index (χ0) is 30.1. The molecule has 2 aromatic heterocycles. The normalized spacial score (nSPS) is 12.6. The van der Waals surface area contributed by atoms with Gasteiger partial charge >= 0.3 is 0 Å². The van der Waals surface area contributed by atoms with E-state index in [0.717, 1.165) is 16.7 Å². The van der Waals surface area contributed by atoms with Crippen molar-refractivity contribution >= 4 is 28.4 Å². The molecule has 5 aromatic rings. The summed E-state index contributed by atoms with van der Waals surface area (Å²) < 4.78 is 12.4. The number of aromatic nitrogens is 3. The number of pyridine rings is 1. The number of aryl methyl sites for hydroxylation is 1. The Morgan fingerprint density at radius 2 is 1.51 bits per heavy atom. The van der Waals surface area contributed by atoms with Crippen LogP contribution in [0.1, 0.15) is 32.1 Å². The van der Waals surface area contributed by atoms with E-state index in [4.69, 9.17) is 20.2 Å². The second-order valence-corrected chi connectivity index (χ2v) is 10.2. The maximum atomic E-state index is 13.9. The lowest BCUT2D eigenvalue weighted by molar-refractivity contribution is 0.0655. The quantitative estimate of drug-likeness (QED) is 0.260. The Kier molecular flexibility index (Phi) is 7.33. The molecule has 3 heterocycles. The summed E-state index contributed by atoms with van der Waals surface area (Å²) in [5.41, 5.74) is 10.1. The summed E-state index contributed by atoms with van der Waals surface area (Å²) in [5.74, 6) is 0.980. The van der Waals surface area contributed by atoms with Crippen molar-refractivity contribution in [1.82, 2.24) is 19.4 Å². The first kappa shape index (κ1) is 27.6. The van der Waals surface area contributed by atoms with E-state index in [9.17, 15) is 14.4 Å². The van der Waals surface area contributed by atoms with Crippen molar-refractivity contribution in [2.45, 2.75) is 19.4 Å². The number of ether oxygens (including phenoxy) is 2. The Balaban J connectivity index is 1.37. The van der Waals surface area contributed by atoms with Gasteiger partial charge in [0.1, 0.15) is 5.82 Å². The molecular weight excluding hydrogens is 546 g/mol. The van der Waals surface area contributed by atoms with Gasteiger partial charge in [-0.3, -0.25) is 28.8 Å². The number of nitrogen functional groups attached to an aromatic ring is 1. The monoisotopic (exact) mass is 575 g/mol. The van der Waals surface area contributed by atoms with Crippen molar-refractivity contribution in [1.29, 1.82) is 0 Å². The van der Waals surface area contributed by atoms with Gasteiger partial charge in [0.05, 0.1) is 41.9 Å². The molecule has 0 unspecified atom stereocenters. The zero-order valence-corrected chi connectivity index (χ0v) is 23.7. The third-order valence-corrected chi connectivity index (χ3v) is 7.64. The van der Waals surface area contributed by atoms with Crippen molar-refractivity contribution < 1.29 is 19.1 Å². The first-order valence-corrected chi connectivity index (χ1v) is 13.8. The molecule has 43 heavy (non-hydrogen) atoms. The minimum Gasteiger partial charge on any atom is -0.493 e. The van der Waals surface area contributed by atoms with Gasteiger partial charge in [0.2, 0.25) is 0 Å². The fourth-order valence-corrected chi connectivity index (χ4v) is 5.41. The van der Waals surface area contributed by atoms with E-state index in [-0.39, 0.29) is 30.3 Å². The molecule has 0 aliphatic carbocycles. The van der Waals surface area contributed by atoms with Gasteiger partial charge in [-0.15, -0.1) is 0 Å². The topological polar surface area (TPSA) is 130 Å². The number of nitrogens with zero attached hydrogens (tertiary/aromatic N) is 4. The maximum absolute atomic E-state index is 13.9. The largest absolute Gasteiger partial charge is 0.493 e. The van der Waals surface area contributed by atoms with Gasteiger partial charge in [0.15, 0.2) is 11.5 Å². The van der Waals surface area contributed by atoms with Gasteiger partial charge in [-0.25, -0.2) is 4.98 Å². The number of methoxy groups -OCH3 is 2. The molecule has 2 amide bonds. The van der Waals surface area contributed by atoms with Gasteiger partial charge < -0.3 is 15.2 Å². The van der Waals surface area contributed by atoms with Crippen molar-refractivity contribution in [3.05, 3.63) is 112 Å². The summed E-state index contributed by atoms with van der Waals surface area (Å²) in [5, 5.41) is 0.456. The number of hydrogen-bond acceptors (Lipinski definition) is 8. The lowest BCUT2D eigenvalue weighted by Crippen LogP contribution is -2.34. The van der Waals surface area contributed by atoms with Crippen LogP contribution in [0.5, 0.6) is 11.5 Å². The molecular formula is C33H29N5O5. The van der Waals surface area contributed by atoms with E-state index < -0.39 is 0 Å². The molecule has 2 N–H and O–H groups in total. The number of anilines is 1. The number of benzene rings is 3. The second kappa shape index (κ2) is 11.4. The third-order valence-electron chi connectivity index (χ3n) is 7.64. The first-order valence-electron chi connectivity index (χ1n) is 13.8. The first-order chi connectivity index (χ1) is 20.9. The second-order valence-electron chi connectivity index (χ2n) is 10.2. The highest BCUT2D eigenvalue weighted by Crippen LogP contribution is 2.28. The summed E-state index contributed by atoms with van der Waals surface area (Å²) in [7, 11) is 3.15. The summed E-state index contributed by atoms with van der Waals surface area (Å²) in [4.78, 5) is 50.2.